The van der Waals surface area contributed by atoms with Crippen molar-refractivity contribution in [3.05, 3.63) is 0 Å². The molecule has 9 heavy (non-hydrogen) atoms. The minimum Gasteiger partial charge on any atom is -0.141 e. The Hall–Kier alpha value is -0.446. The highest BCUT2D eigenvalue weighted by Crippen LogP contribution is 1.94. The molecular formula is C7H10Si2. The molecule has 0 fully saturated rings. The van der Waals surface area contributed by atoms with Gasteiger partial charge in [0.05, 0.1) is 0 Å². The van der Waals surface area contributed by atoms with Crippen molar-refractivity contribution in [3.63, 3.8) is 0 Å². The van der Waals surface area contributed by atoms with Gasteiger partial charge in [-0.3, -0.25) is 0 Å². The zero-order valence-electron chi connectivity index (χ0n) is 6.08. The molecule has 2 radical (unpaired) electrons. The second kappa shape index (κ2) is 3.55. The lowest BCUT2D eigenvalue weighted by molar-refractivity contribution is 1.94. The summed E-state index contributed by atoms with van der Waals surface area (Å²) in [7, 11) is -0.812. The van der Waals surface area contributed by atoms with E-state index in [0.717, 1.165) is 0 Å². The highest BCUT2D eigenvalue weighted by atomic mass is 28.3. The fourth-order valence-electron chi connectivity index (χ4n) is 0.255. The SMILES string of the molecule is C#C[Si](C)(C)C#C[Si]C. The van der Waals surface area contributed by atoms with Gasteiger partial charge in [-0.15, -0.1) is 23.1 Å². The molecule has 0 spiro atoms. The Labute approximate surface area is 60.9 Å². The van der Waals surface area contributed by atoms with E-state index in [1.165, 1.54) is 0 Å². The van der Waals surface area contributed by atoms with E-state index in [2.05, 4.69) is 36.3 Å². The summed E-state index contributed by atoms with van der Waals surface area (Å²) in [4.78, 5) is 0. The van der Waals surface area contributed by atoms with E-state index < -0.39 is 8.07 Å². The van der Waals surface area contributed by atoms with Crippen molar-refractivity contribution < 1.29 is 0 Å². The van der Waals surface area contributed by atoms with E-state index in [9.17, 15) is 0 Å². The number of hydrogen-bond acceptors (Lipinski definition) is 0. The van der Waals surface area contributed by atoms with E-state index in [1.807, 2.05) is 0 Å². The van der Waals surface area contributed by atoms with E-state index in [0.29, 0.717) is 9.52 Å². The summed E-state index contributed by atoms with van der Waals surface area (Å²) in [6.07, 6.45) is 5.26. The first-order valence-electron chi connectivity index (χ1n) is 2.79. The molecule has 0 saturated carbocycles. The topological polar surface area (TPSA) is 0 Å². The van der Waals surface area contributed by atoms with Crippen LogP contribution in [0, 0.1) is 23.1 Å². The summed E-state index contributed by atoms with van der Waals surface area (Å²) < 4.78 is 0. The Morgan fingerprint density at radius 1 is 1.44 bits per heavy atom. The van der Waals surface area contributed by atoms with Crippen LogP contribution in [-0.2, 0) is 0 Å². The molecule has 0 aromatic rings. The zero-order valence-corrected chi connectivity index (χ0v) is 8.08. The third-order valence-corrected chi connectivity index (χ3v) is 2.96. The molecule has 0 aromatic carbocycles. The zero-order chi connectivity index (χ0) is 7.33. The molecule has 0 aliphatic carbocycles. The molecule has 2 heteroatoms. The lowest BCUT2D eigenvalue weighted by Crippen LogP contribution is -2.20. The molecule has 0 atom stereocenters. The van der Waals surface area contributed by atoms with Crippen molar-refractivity contribution in [1.82, 2.24) is 0 Å². The average Bonchev–Trinajstić information content (AvgIpc) is 1.84. The highest BCUT2D eigenvalue weighted by Gasteiger charge is 2.11. The van der Waals surface area contributed by atoms with Crippen molar-refractivity contribution in [1.29, 1.82) is 0 Å². The minimum atomic E-state index is -1.52. The Morgan fingerprint density at radius 2 is 2.00 bits per heavy atom. The Bertz CT molecular complexity index is 175. The number of terminal acetylenes is 1. The van der Waals surface area contributed by atoms with Gasteiger partial charge in [-0.25, -0.2) is 0 Å². The maximum atomic E-state index is 5.26. The quantitative estimate of drug-likeness (QED) is 0.358. The predicted octanol–water partition coefficient (Wildman–Crippen LogP) is 1.12. The Kier molecular flexibility index (Phi) is 3.38. The van der Waals surface area contributed by atoms with Crippen LogP contribution >= 0.6 is 0 Å². The van der Waals surface area contributed by atoms with Crippen molar-refractivity contribution in [2.24, 2.45) is 0 Å². The van der Waals surface area contributed by atoms with Gasteiger partial charge in [-0.05, 0) is 13.1 Å². The van der Waals surface area contributed by atoms with Crippen LogP contribution in [-0.4, -0.2) is 17.6 Å². The molecule has 46 valence electrons. The maximum Gasteiger partial charge on any atom is 0.209 e. The van der Waals surface area contributed by atoms with Crippen LogP contribution in [0.25, 0.3) is 0 Å². The maximum absolute atomic E-state index is 5.26. The molecule has 0 heterocycles. The van der Waals surface area contributed by atoms with E-state index in [4.69, 9.17) is 6.42 Å². The molecule has 0 bridgehead atoms. The van der Waals surface area contributed by atoms with Crippen LogP contribution < -0.4 is 0 Å². The summed E-state index contributed by atoms with van der Waals surface area (Å²) in [6, 6.07) is 0. The summed E-state index contributed by atoms with van der Waals surface area (Å²) >= 11 is 0. The van der Waals surface area contributed by atoms with Crippen LogP contribution in [0.5, 0.6) is 0 Å². The first-order chi connectivity index (χ1) is 4.12. The van der Waals surface area contributed by atoms with Gasteiger partial charge in [-0.2, -0.15) is 0 Å². The number of hydrogen-bond donors (Lipinski definition) is 0. The van der Waals surface area contributed by atoms with Crippen molar-refractivity contribution in [2.45, 2.75) is 19.6 Å². The lowest BCUT2D eigenvalue weighted by Gasteiger charge is -2.01. The van der Waals surface area contributed by atoms with Crippen LogP contribution in [0.15, 0.2) is 0 Å². The molecule has 0 aliphatic rings. The van der Waals surface area contributed by atoms with E-state index >= 15 is 0 Å². The molecule has 0 N–H and O–H groups in total. The highest BCUT2D eigenvalue weighted by molar-refractivity contribution is 6.92. The fourth-order valence-corrected chi connectivity index (χ4v) is 2.08. The van der Waals surface area contributed by atoms with Crippen LogP contribution in [0.3, 0.4) is 0 Å². The van der Waals surface area contributed by atoms with Gasteiger partial charge in [0.2, 0.25) is 8.07 Å². The first kappa shape index (κ1) is 8.55. The summed E-state index contributed by atoms with van der Waals surface area (Å²) in [5.41, 5.74) is 8.91. The average molecular weight is 150 g/mol. The molecule has 0 rings (SSSR count). The Balaban J connectivity index is 4.05. The first-order valence-corrected chi connectivity index (χ1v) is 7.29. The second-order valence-corrected chi connectivity index (χ2v) is 6.81. The summed E-state index contributed by atoms with van der Waals surface area (Å²) in [5, 5.41) is 0. The summed E-state index contributed by atoms with van der Waals surface area (Å²) in [5.74, 6) is 0. The normalized spacial score (nSPS) is 9.11. The van der Waals surface area contributed by atoms with Gasteiger partial charge in [0.1, 0.15) is 9.52 Å². The van der Waals surface area contributed by atoms with Gasteiger partial charge in [0.15, 0.2) is 0 Å². The predicted molar refractivity (Wildman–Crippen MR) is 45.7 cm³/mol. The smallest absolute Gasteiger partial charge is 0.141 e. The standard InChI is InChI=1S/C7H10Si2/c1-5-9(3,4)7-6-8-2/h1H,2-4H3. The molecule has 0 aliphatic heterocycles. The van der Waals surface area contributed by atoms with Crippen molar-refractivity contribution >= 4 is 17.6 Å². The second-order valence-electron chi connectivity index (χ2n) is 2.27. The lowest BCUT2D eigenvalue weighted by atomic mass is 11.3. The van der Waals surface area contributed by atoms with E-state index in [-0.39, 0.29) is 0 Å². The molecular weight excluding hydrogens is 140 g/mol. The van der Waals surface area contributed by atoms with Gasteiger partial charge in [0, 0.05) is 0 Å². The van der Waals surface area contributed by atoms with Crippen LogP contribution in [0.1, 0.15) is 0 Å². The molecule has 0 saturated heterocycles. The largest absolute Gasteiger partial charge is 0.209 e. The monoisotopic (exact) mass is 150 g/mol. The van der Waals surface area contributed by atoms with Crippen molar-refractivity contribution in [3.8, 4) is 23.1 Å². The van der Waals surface area contributed by atoms with Gasteiger partial charge < -0.3 is 0 Å². The van der Waals surface area contributed by atoms with Crippen molar-refractivity contribution in [2.75, 3.05) is 0 Å². The third kappa shape index (κ3) is 4.08. The molecule has 0 aromatic heterocycles. The minimum absolute atomic E-state index is 0.712. The van der Waals surface area contributed by atoms with Gasteiger partial charge in [-0.1, -0.05) is 6.55 Å². The third-order valence-electron chi connectivity index (χ3n) is 0.861. The molecule has 0 amide bonds. The molecule has 0 nitrogen and oxygen atoms in total. The van der Waals surface area contributed by atoms with Crippen LogP contribution in [0.2, 0.25) is 19.6 Å². The van der Waals surface area contributed by atoms with Gasteiger partial charge >= 0.3 is 0 Å². The van der Waals surface area contributed by atoms with Gasteiger partial charge in [0.25, 0.3) is 0 Å². The molecule has 0 unspecified atom stereocenters. The van der Waals surface area contributed by atoms with E-state index in [1.54, 1.807) is 0 Å². The van der Waals surface area contributed by atoms with Crippen LogP contribution in [0.4, 0.5) is 0 Å². The summed E-state index contributed by atoms with van der Waals surface area (Å²) in [6.45, 7) is 6.23. The Morgan fingerprint density at radius 3 is 2.33 bits per heavy atom. The number of rotatable bonds is 0. The fraction of sp³-hybridized carbons (Fsp3) is 0.429.